The van der Waals surface area contributed by atoms with Gasteiger partial charge in [0.25, 0.3) is 0 Å². The molecule has 6 nitrogen and oxygen atoms in total. The standard InChI is InChI=1S/C21H21N5OS/c1-2-14-26-19(16-10-12-22-13-11-16)24-25-21(26)28-18(15-6-4-3-5-7-15)20(27)23-17-8-9-17/h2-7,10-13,17-18H,1,8-9,14H2,(H,23,27)/t18-/m0/s1. The van der Waals surface area contributed by atoms with Crippen LogP contribution < -0.4 is 5.32 Å². The average Bonchev–Trinajstić information content (AvgIpc) is 3.46. The second-order valence-corrected chi connectivity index (χ2v) is 7.71. The third kappa shape index (κ3) is 4.14. The molecule has 1 atom stereocenters. The lowest BCUT2D eigenvalue weighted by Gasteiger charge is -2.17. The van der Waals surface area contributed by atoms with Crippen molar-refractivity contribution in [1.29, 1.82) is 0 Å². The first-order valence-electron chi connectivity index (χ1n) is 9.22. The van der Waals surface area contributed by atoms with Crippen molar-refractivity contribution >= 4 is 17.7 Å². The number of thioether (sulfide) groups is 1. The van der Waals surface area contributed by atoms with Crippen LogP contribution in [0.4, 0.5) is 0 Å². The molecule has 1 aromatic carbocycles. The maximum absolute atomic E-state index is 12.9. The lowest BCUT2D eigenvalue weighted by molar-refractivity contribution is -0.120. The Bertz CT molecular complexity index is 953. The summed E-state index contributed by atoms with van der Waals surface area (Å²) in [4.78, 5) is 17.0. The summed E-state index contributed by atoms with van der Waals surface area (Å²) in [5.41, 5.74) is 1.87. The van der Waals surface area contributed by atoms with Gasteiger partial charge >= 0.3 is 0 Å². The van der Waals surface area contributed by atoms with Crippen LogP contribution in [0.25, 0.3) is 11.4 Å². The number of rotatable bonds is 8. The van der Waals surface area contributed by atoms with E-state index in [4.69, 9.17) is 0 Å². The summed E-state index contributed by atoms with van der Waals surface area (Å²) in [6, 6.07) is 13.9. The van der Waals surface area contributed by atoms with Crippen molar-refractivity contribution in [3.63, 3.8) is 0 Å². The van der Waals surface area contributed by atoms with Gasteiger partial charge in [0.15, 0.2) is 11.0 Å². The molecule has 1 amide bonds. The fourth-order valence-corrected chi connectivity index (χ4v) is 3.95. The van der Waals surface area contributed by atoms with Gasteiger partial charge in [-0.25, -0.2) is 0 Å². The Kier molecular flexibility index (Phi) is 5.53. The Morgan fingerprint density at radius 3 is 2.64 bits per heavy atom. The number of nitrogens with zero attached hydrogens (tertiary/aromatic N) is 4. The normalized spacial score (nSPS) is 14.4. The number of benzene rings is 1. The highest BCUT2D eigenvalue weighted by Gasteiger charge is 2.30. The number of hydrogen-bond donors (Lipinski definition) is 1. The maximum Gasteiger partial charge on any atom is 0.238 e. The fourth-order valence-electron chi connectivity index (χ4n) is 2.89. The van der Waals surface area contributed by atoms with Crippen molar-refractivity contribution in [3.8, 4) is 11.4 Å². The molecule has 1 saturated carbocycles. The molecule has 1 N–H and O–H groups in total. The minimum atomic E-state index is -0.389. The number of amides is 1. The molecule has 28 heavy (non-hydrogen) atoms. The summed E-state index contributed by atoms with van der Waals surface area (Å²) in [6.07, 6.45) is 7.36. The van der Waals surface area contributed by atoms with E-state index in [1.54, 1.807) is 18.5 Å². The van der Waals surface area contributed by atoms with Crippen molar-refractivity contribution in [2.24, 2.45) is 0 Å². The zero-order chi connectivity index (χ0) is 19.3. The second kappa shape index (κ2) is 8.39. The smallest absolute Gasteiger partial charge is 0.238 e. The van der Waals surface area contributed by atoms with E-state index in [1.807, 2.05) is 47.0 Å². The molecule has 1 aliphatic rings. The van der Waals surface area contributed by atoms with Crippen molar-refractivity contribution < 1.29 is 4.79 Å². The van der Waals surface area contributed by atoms with Crippen LogP contribution in [0.15, 0.2) is 72.7 Å². The summed E-state index contributed by atoms with van der Waals surface area (Å²) < 4.78 is 1.98. The third-order valence-electron chi connectivity index (χ3n) is 4.45. The predicted molar refractivity (Wildman–Crippen MR) is 110 cm³/mol. The summed E-state index contributed by atoms with van der Waals surface area (Å²) in [5.74, 6) is 0.747. The SMILES string of the molecule is C=CCn1c(S[C@H](C(=O)NC2CC2)c2ccccc2)nnc1-c1ccncc1. The Labute approximate surface area is 168 Å². The van der Waals surface area contributed by atoms with Gasteiger partial charge in [-0.05, 0) is 30.5 Å². The summed E-state index contributed by atoms with van der Waals surface area (Å²) in [5, 5.41) is 12.2. The number of allylic oxidation sites excluding steroid dienone is 1. The van der Waals surface area contributed by atoms with E-state index < -0.39 is 0 Å². The molecule has 2 aromatic heterocycles. The van der Waals surface area contributed by atoms with E-state index in [0.717, 1.165) is 29.8 Å². The van der Waals surface area contributed by atoms with Crippen molar-refractivity contribution in [2.45, 2.75) is 35.8 Å². The molecule has 0 saturated heterocycles. The Morgan fingerprint density at radius 1 is 1.21 bits per heavy atom. The van der Waals surface area contributed by atoms with Crippen LogP contribution in [0.5, 0.6) is 0 Å². The van der Waals surface area contributed by atoms with Crippen LogP contribution >= 0.6 is 11.8 Å². The molecule has 0 spiro atoms. The quantitative estimate of drug-likeness (QED) is 0.469. The first-order valence-corrected chi connectivity index (χ1v) is 10.1. The van der Waals surface area contributed by atoms with Crippen molar-refractivity contribution in [2.75, 3.05) is 0 Å². The summed E-state index contributed by atoms with van der Waals surface area (Å²) in [7, 11) is 0. The molecule has 1 aliphatic carbocycles. The monoisotopic (exact) mass is 391 g/mol. The minimum Gasteiger partial charge on any atom is -0.352 e. The van der Waals surface area contributed by atoms with Crippen LogP contribution in [0.3, 0.4) is 0 Å². The lowest BCUT2D eigenvalue weighted by Crippen LogP contribution is -2.30. The highest BCUT2D eigenvalue weighted by Crippen LogP contribution is 2.37. The van der Waals surface area contributed by atoms with E-state index in [2.05, 4.69) is 27.1 Å². The molecule has 7 heteroatoms. The Hall–Kier alpha value is -2.93. The highest BCUT2D eigenvalue weighted by atomic mass is 32.2. The lowest BCUT2D eigenvalue weighted by atomic mass is 10.1. The summed E-state index contributed by atoms with van der Waals surface area (Å²) >= 11 is 1.42. The topological polar surface area (TPSA) is 72.7 Å². The minimum absolute atomic E-state index is 0.0114. The third-order valence-corrected chi connectivity index (χ3v) is 5.69. The number of aromatic nitrogens is 4. The number of carbonyl (C=O) groups is 1. The number of hydrogen-bond acceptors (Lipinski definition) is 5. The van der Waals surface area contributed by atoms with Crippen molar-refractivity contribution in [3.05, 3.63) is 73.1 Å². The first-order chi connectivity index (χ1) is 13.8. The Balaban J connectivity index is 1.67. The predicted octanol–water partition coefficient (Wildman–Crippen LogP) is 3.64. The average molecular weight is 392 g/mol. The zero-order valence-corrected chi connectivity index (χ0v) is 16.2. The molecule has 0 radical (unpaired) electrons. The van der Waals surface area contributed by atoms with E-state index in [0.29, 0.717) is 17.7 Å². The van der Waals surface area contributed by atoms with Gasteiger partial charge in [0.05, 0.1) is 0 Å². The Morgan fingerprint density at radius 2 is 1.96 bits per heavy atom. The second-order valence-electron chi connectivity index (χ2n) is 6.63. The fraction of sp³-hybridized carbons (Fsp3) is 0.238. The van der Waals surface area contributed by atoms with Gasteiger partial charge in [0.1, 0.15) is 5.25 Å². The van der Waals surface area contributed by atoms with Gasteiger partial charge in [0.2, 0.25) is 5.91 Å². The van der Waals surface area contributed by atoms with E-state index >= 15 is 0 Å². The van der Waals surface area contributed by atoms with Gasteiger partial charge in [-0.3, -0.25) is 14.3 Å². The van der Waals surface area contributed by atoms with E-state index in [1.165, 1.54) is 11.8 Å². The van der Waals surface area contributed by atoms with Crippen molar-refractivity contribution in [1.82, 2.24) is 25.1 Å². The summed E-state index contributed by atoms with van der Waals surface area (Å²) in [6.45, 7) is 4.41. The molecule has 2 heterocycles. The van der Waals surface area contributed by atoms with E-state index in [9.17, 15) is 4.79 Å². The molecule has 0 aliphatic heterocycles. The number of pyridine rings is 1. The maximum atomic E-state index is 12.9. The van der Waals surface area contributed by atoms with Gasteiger partial charge in [-0.1, -0.05) is 48.2 Å². The van der Waals surface area contributed by atoms with E-state index in [-0.39, 0.29) is 11.2 Å². The van der Waals surface area contributed by atoms with Gasteiger partial charge in [-0.15, -0.1) is 16.8 Å². The molecular formula is C21H21N5OS. The number of nitrogens with one attached hydrogen (secondary N) is 1. The van der Waals surface area contributed by atoms with Gasteiger partial charge < -0.3 is 5.32 Å². The van der Waals surface area contributed by atoms with Crippen LogP contribution in [-0.2, 0) is 11.3 Å². The number of carbonyl (C=O) groups excluding carboxylic acids is 1. The van der Waals surface area contributed by atoms with Crippen LogP contribution in [-0.4, -0.2) is 31.7 Å². The highest BCUT2D eigenvalue weighted by molar-refractivity contribution is 8.00. The molecule has 0 unspecified atom stereocenters. The molecule has 3 aromatic rings. The van der Waals surface area contributed by atoms with Crippen LogP contribution in [0.1, 0.15) is 23.7 Å². The molecular weight excluding hydrogens is 370 g/mol. The molecule has 1 fully saturated rings. The van der Waals surface area contributed by atoms with Crippen LogP contribution in [0, 0.1) is 0 Å². The van der Waals surface area contributed by atoms with Gasteiger partial charge in [0, 0.05) is 30.5 Å². The molecule has 0 bridgehead atoms. The first kappa shape index (κ1) is 18.4. The largest absolute Gasteiger partial charge is 0.352 e. The van der Waals surface area contributed by atoms with Gasteiger partial charge in [-0.2, -0.15) is 0 Å². The zero-order valence-electron chi connectivity index (χ0n) is 15.4. The molecule has 4 rings (SSSR count). The molecule has 142 valence electrons. The van der Waals surface area contributed by atoms with Crippen LogP contribution in [0.2, 0.25) is 0 Å².